The van der Waals surface area contributed by atoms with E-state index in [1.54, 1.807) is 36.5 Å². The van der Waals surface area contributed by atoms with Crippen LogP contribution in [0.25, 0.3) is 5.65 Å². The number of esters is 1. The molecule has 3 rings (SSSR count). The predicted molar refractivity (Wildman–Crippen MR) is 97.5 cm³/mol. The maximum absolute atomic E-state index is 12.2. The predicted octanol–water partition coefficient (Wildman–Crippen LogP) is 3.15. The van der Waals surface area contributed by atoms with Gasteiger partial charge in [0.1, 0.15) is 18.0 Å². The molecule has 0 aliphatic heterocycles. The summed E-state index contributed by atoms with van der Waals surface area (Å²) in [7, 11) is 0. The molecule has 0 radical (unpaired) electrons. The van der Waals surface area contributed by atoms with E-state index in [2.05, 4.69) is 4.98 Å². The lowest BCUT2D eigenvalue weighted by Gasteiger charge is -2.10. The maximum Gasteiger partial charge on any atom is 0.338 e. The summed E-state index contributed by atoms with van der Waals surface area (Å²) in [6.07, 6.45) is 1.73. The van der Waals surface area contributed by atoms with Crippen LogP contribution in [0.1, 0.15) is 35.5 Å². The molecule has 134 valence electrons. The third-order valence-electron chi connectivity index (χ3n) is 3.75. The van der Waals surface area contributed by atoms with Gasteiger partial charge in [-0.2, -0.15) is 0 Å². The highest BCUT2D eigenvalue weighted by Crippen LogP contribution is 2.15. The molecule has 0 saturated heterocycles. The quantitative estimate of drug-likeness (QED) is 0.660. The number of hydrogen-bond donors (Lipinski definition) is 0. The van der Waals surface area contributed by atoms with Gasteiger partial charge in [-0.05, 0) is 56.7 Å². The number of rotatable bonds is 5. The summed E-state index contributed by atoms with van der Waals surface area (Å²) in [5, 5.41) is 0. The highest BCUT2D eigenvalue weighted by molar-refractivity contribution is 5.89. The Morgan fingerprint density at radius 3 is 2.62 bits per heavy atom. The van der Waals surface area contributed by atoms with E-state index < -0.39 is 5.97 Å². The number of carbonyl (C=O) groups is 1. The second-order valence-electron chi connectivity index (χ2n) is 6.24. The highest BCUT2D eigenvalue weighted by Gasteiger charge is 2.10. The first kappa shape index (κ1) is 17.7. The fourth-order valence-corrected chi connectivity index (χ4v) is 2.55. The van der Waals surface area contributed by atoms with Crippen LogP contribution in [-0.4, -0.2) is 21.5 Å². The molecule has 0 saturated carbocycles. The topological polar surface area (TPSA) is 69.9 Å². The van der Waals surface area contributed by atoms with Gasteiger partial charge >= 0.3 is 5.97 Å². The van der Waals surface area contributed by atoms with Crippen molar-refractivity contribution in [3.8, 4) is 5.75 Å². The minimum absolute atomic E-state index is 0.0643. The Labute approximate surface area is 151 Å². The Bertz CT molecular complexity index is 991. The minimum atomic E-state index is -0.479. The molecule has 0 aliphatic carbocycles. The zero-order valence-electron chi connectivity index (χ0n) is 14.9. The van der Waals surface area contributed by atoms with Crippen molar-refractivity contribution in [2.75, 3.05) is 0 Å². The summed E-state index contributed by atoms with van der Waals surface area (Å²) in [5.41, 5.74) is 2.05. The molecule has 2 heterocycles. The third-order valence-corrected chi connectivity index (χ3v) is 3.75. The van der Waals surface area contributed by atoms with Crippen LogP contribution in [0.4, 0.5) is 0 Å². The van der Waals surface area contributed by atoms with Crippen molar-refractivity contribution < 1.29 is 14.3 Å². The fraction of sp³-hybridized carbons (Fsp3) is 0.250. The van der Waals surface area contributed by atoms with Gasteiger partial charge in [0, 0.05) is 12.3 Å². The molecule has 6 heteroatoms. The monoisotopic (exact) mass is 352 g/mol. The molecular weight excluding hydrogens is 332 g/mol. The van der Waals surface area contributed by atoms with E-state index >= 15 is 0 Å². The second kappa shape index (κ2) is 7.39. The number of fused-ring (bicyclic) bond motifs is 1. The molecule has 3 aromatic rings. The van der Waals surface area contributed by atoms with Gasteiger partial charge in [-0.25, -0.2) is 9.78 Å². The van der Waals surface area contributed by atoms with Gasteiger partial charge in [0.2, 0.25) is 0 Å². The minimum Gasteiger partial charge on any atom is -0.491 e. The molecule has 0 fully saturated rings. The summed E-state index contributed by atoms with van der Waals surface area (Å²) in [5.74, 6) is 0.212. The Kier molecular flexibility index (Phi) is 5.02. The van der Waals surface area contributed by atoms with Gasteiger partial charge < -0.3 is 9.47 Å². The molecule has 2 aromatic heterocycles. The second-order valence-corrected chi connectivity index (χ2v) is 6.24. The van der Waals surface area contributed by atoms with Crippen molar-refractivity contribution in [2.45, 2.75) is 33.5 Å². The number of aromatic nitrogens is 2. The van der Waals surface area contributed by atoms with Gasteiger partial charge in [0.05, 0.1) is 17.4 Å². The molecule has 0 amide bonds. The van der Waals surface area contributed by atoms with Crippen LogP contribution in [-0.2, 0) is 11.3 Å². The molecule has 1 aromatic carbocycles. The number of nitrogens with zero attached hydrogens (tertiary/aromatic N) is 2. The summed E-state index contributed by atoms with van der Waals surface area (Å²) in [6, 6.07) is 11.8. The lowest BCUT2D eigenvalue weighted by Crippen LogP contribution is -2.17. The van der Waals surface area contributed by atoms with E-state index in [4.69, 9.17) is 9.47 Å². The molecule has 0 spiro atoms. The van der Waals surface area contributed by atoms with Gasteiger partial charge in [-0.15, -0.1) is 0 Å². The van der Waals surface area contributed by atoms with Crippen LogP contribution in [0.3, 0.4) is 0 Å². The molecule has 0 bridgehead atoms. The first-order valence-electron chi connectivity index (χ1n) is 8.36. The van der Waals surface area contributed by atoms with Gasteiger partial charge in [0.15, 0.2) is 0 Å². The van der Waals surface area contributed by atoms with Crippen LogP contribution in [0.15, 0.2) is 53.5 Å². The molecule has 0 aliphatic rings. The fourth-order valence-electron chi connectivity index (χ4n) is 2.55. The van der Waals surface area contributed by atoms with Crippen molar-refractivity contribution in [1.82, 2.24) is 9.38 Å². The van der Waals surface area contributed by atoms with Crippen molar-refractivity contribution in [1.29, 1.82) is 0 Å². The van der Waals surface area contributed by atoms with Crippen molar-refractivity contribution >= 4 is 11.6 Å². The average Bonchev–Trinajstić information content (AvgIpc) is 2.61. The van der Waals surface area contributed by atoms with E-state index in [0.717, 1.165) is 5.56 Å². The Hall–Kier alpha value is -3.15. The van der Waals surface area contributed by atoms with Crippen LogP contribution >= 0.6 is 0 Å². The molecular formula is C20H20N2O4. The van der Waals surface area contributed by atoms with E-state index in [1.807, 2.05) is 26.8 Å². The summed E-state index contributed by atoms with van der Waals surface area (Å²) < 4.78 is 12.3. The van der Waals surface area contributed by atoms with E-state index in [-0.39, 0.29) is 18.3 Å². The normalized spacial score (nSPS) is 10.9. The van der Waals surface area contributed by atoms with Crippen molar-refractivity contribution in [3.05, 3.63) is 75.8 Å². The Morgan fingerprint density at radius 2 is 1.92 bits per heavy atom. The molecule has 26 heavy (non-hydrogen) atoms. The molecule has 0 N–H and O–H groups in total. The number of hydrogen-bond acceptors (Lipinski definition) is 5. The average molecular weight is 352 g/mol. The highest BCUT2D eigenvalue weighted by atomic mass is 16.5. The van der Waals surface area contributed by atoms with Gasteiger partial charge in [-0.1, -0.05) is 6.07 Å². The number of aryl methyl sites for hydroxylation is 1. The first-order valence-corrected chi connectivity index (χ1v) is 8.36. The molecule has 0 unspecified atom stereocenters. The summed E-state index contributed by atoms with van der Waals surface area (Å²) in [6.45, 7) is 5.67. The van der Waals surface area contributed by atoms with Crippen molar-refractivity contribution in [3.63, 3.8) is 0 Å². The summed E-state index contributed by atoms with van der Waals surface area (Å²) >= 11 is 0. The zero-order valence-corrected chi connectivity index (χ0v) is 14.9. The smallest absolute Gasteiger partial charge is 0.338 e. The first-order chi connectivity index (χ1) is 12.4. The van der Waals surface area contributed by atoms with Gasteiger partial charge in [-0.3, -0.25) is 9.20 Å². The lowest BCUT2D eigenvalue weighted by molar-refractivity contribution is 0.0467. The van der Waals surface area contributed by atoms with E-state index in [1.165, 1.54) is 10.5 Å². The molecule has 0 atom stereocenters. The number of benzene rings is 1. The molecule has 6 nitrogen and oxygen atoms in total. The number of carbonyl (C=O) groups excluding carboxylic acids is 1. The number of ether oxygens (including phenoxy) is 2. The third kappa shape index (κ3) is 3.91. The largest absolute Gasteiger partial charge is 0.491 e. The van der Waals surface area contributed by atoms with Crippen LogP contribution in [0.2, 0.25) is 0 Å². The zero-order chi connectivity index (χ0) is 18.7. The van der Waals surface area contributed by atoms with Crippen molar-refractivity contribution in [2.24, 2.45) is 0 Å². The Balaban J connectivity index is 1.72. The SMILES string of the molecule is Cc1cccn2c(=O)cc(COC(=O)c3ccc(OC(C)C)cc3)nc12. The van der Waals surface area contributed by atoms with Crippen LogP contribution < -0.4 is 10.3 Å². The summed E-state index contributed by atoms with van der Waals surface area (Å²) in [4.78, 5) is 28.8. The Morgan fingerprint density at radius 1 is 1.19 bits per heavy atom. The van der Waals surface area contributed by atoms with Crippen LogP contribution in [0.5, 0.6) is 5.75 Å². The maximum atomic E-state index is 12.2. The van der Waals surface area contributed by atoms with Gasteiger partial charge in [0.25, 0.3) is 5.56 Å². The van der Waals surface area contributed by atoms with Crippen LogP contribution in [0, 0.1) is 6.92 Å². The standard InChI is InChI=1S/C20H20N2O4/c1-13(2)26-17-8-6-15(7-9-17)20(24)25-12-16-11-18(23)22-10-4-5-14(3)19(22)21-16/h4-11,13H,12H2,1-3H3. The van der Waals surface area contributed by atoms with E-state index in [9.17, 15) is 9.59 Å². The lowest BCUT2D eigenvalue weighted by atomic mass is 10.2. The van der Waals surface area contributed by atoms with E-state index in [0.29, 0.717) is 22.7 Å². The number of pyridine rings is 1.